The van der Waals surface area contributed by atoms with Crippen molar-refractivity contribution in [2.24, 2.45) is 11.8 Å². The molecule has 3 nitrogen and oxygen atoms in total. The van der Waals surface area contributed by atoms with E-state index in [4.69, 9.17) is 5.11 Å². The van der Waals surface area contributed by atoms with Crippen LogP contribution in [0.2, 0.25) is 0 Å². The fraction of sp³-hybridized carbons (Fsp3) is 0.533. The number of carbonyl (C=O) groups is 1. The van der Waals surface area contributed by atoms with Crippen molar-refractivity contribution in [3.8, 4) is 0 Å². The van der Waals surface area contributed by atoms with Crippen molar-refractivity contribution in [3.05, 3.63) is 29.3 Å². The fourth-order valence-corrected chi connectivity index (χ4v) is 2.73. The summed E-state index contributed by atoms with van der Waals surface area (Å²) in [4.78, 5) is 10.9. The molecule has 2 rings (SSSR count). The third-order valence-corrected chi connectivity index (χ3v) is 4.28. The Labute approximate surface area is 108 Å². The zero-order valence-corrected chi connectivity index (χ0v) is 11.2. The molecule has 0 aromatic heterocycles. The molecule has 1 aromatic rings. The summed E-state index contributed by atoms with van der Waals surface area (Å²) in [5.41, 5.74) is 2.42. The van der Waals surface area contributed by atoms with E-state index >= 15 is 0 Å². The van der Waals surface area contributed by atoms with Crippen LogP contribution in [0.4, 0.5) is 5.69 Å². The highest BCUT2D eigenvalue weighted by Gasteiger charge is 2.29. The predicted octanol–water partition coefficient (Wildman–Crippen LogP) is 3.54. The SMILES string of the molecule is Cc1cc(C(=O)O)ccc1NC1CCC(C)C1C. The van der Waals surface area contributed by atoms with Gasteiger partial charge >= 0.3 is 5.97 Å². The molecule has 0 saturated heterocycles. The first-order valence-electron chi connectivity index (χ1n) is 6.59. The number of hydrogen-bond donors (Lipinski definition) is 2. The van der Waals surface area contributed by atoms with Crippen molar-refractivity contribution in [1.82, 2.24) is 0 Å². The van der Waals surface area contributed by atoms with Crippen LogP contribution in [0.3, 0.4) is 0 Å². The topological polar surface area (TPSA) is 49.3 Å². The zero-order chi connectivity index (χ0) is 13.3. The first kappa shape index (κ1) is 12.9. The maximum atomic E-state index is 10.9. The molecule has 1 saturated carbocycles. The smallest absolute Gasteiger partial charge is 0.335 e. The van der Waals surface area contributed by atoms with Gasteiger partial charge in [-0.05, 0) is 55.4 Å². The molecule has 18 heavy (non-hydrogen) atoms. The van der Waals surface area contributed by atoms with E-state index in [0.717, 1.165) is 17.2 Å². The van der Waals surface area contributed by atoms with Gasteiger partial charge in [-0.25, -0.2) is 4.79 Å². The Morgan fingerprint density at radius 1 is 1.33 bits per heavy atom. The summed E-state index contributed by atoms with van der Waals surface area (Å²) in [6.07, 6.45) is 2.47. The predicted molar refractivity (Wildman–Crippen MR) is 73.1 cm³/mol. The summed E-state index contributed by atoms with van der Waals surface area (Å²) in [5, 5.41) is 12.5. The maximum absolute atomic E-state index is 10.9. The lowest BCUT2D eigenvalue weighted by Crippen LogP contribution is -2.24. The second-order valence-electron chi connectivity index (χ2n) is 5.50. The minimum atomic E-state index is -0.868. The van der Waals surface area contributed by atoms with E-state index in [1.807, 2.05) is 13.0 Å². The van der Waals surface area contributed by atoms with Gasteiger partial charge in [0, 0.05) is 11.7 Å². The highest BCUT2D eigenvalue weighted by atomic mass is 16.4. The van der Waals surface area contributed by atoms with E-state index in [9.17, 15) is 4.79 Å². The van der Waals surface area contributed by atoms with Crippen LogP contribution in [0.1, 0.15) is 42.6 Å². The van der Waals surface area contributed by atoms with E-state index in [2.05, 4.69) is 19.2 Å². The summed E-state index contributed by atoms with van der Waals surface area (Å²) in [6, 6.07) is 5.79. The van der Waals surface area contributed by atoms with Crippen LogP contribution in [-0.2, 0) is 0 Å². The van der Waals surface area contributed by atoms with Crippen molar-refractivity contribution in [2.45, 2.75) is 39.7 Å². The molecule has 0 heterocycles. The lowest BCUT2D eigenvalue weighted by atomic mass is 9.97. The quantitative estimate of drug-likeness (QED) is 0.859. The van der Waals surface area contributed by atoms with Crippen LogP contribution in [0.15, 0.2) is 18.2 Å². The molecule has 0 spiro atoms. The largest absolute Gasteiger partial charge is 0.478 e. The lowest BCUT2D eigenvalue weighted by molar-refractivity contribution is 0.0697. The Morgan fingerprint density at radius 2 is 2.06 bits per heavy atom. The van der Waals surface area contributed by atoms with Crippen LogP contribution in [0, 0.1) is 18.8 Å². The first-order chi connectivity index (χ1) is 8.49. The van der Waals surface area contributed by atoms with Gasteiger partial charge in [0.1, 0.15) is 0 Å². The average molecular weight is 247 g/mol. The Bertz CT molecular complexity index is 456. The number of nitrogens with one attached hydrogen (secondary N) is 1. The minimum Gasteiger partial charge on any atom is -0.478 e. The summed E-state index contributed by atoms with van der Waals surface area (Å²) >= 11 is 0. The van der Waals surface area contributed by atoms with Gasteiger partial charge in [-0.3, -0.25) is 0 Å². The first-order valence-corrected chi connectivity index (χ1v) is 6.59. The monoisotopic (exact) mass is 247 g/mol. The Kier molecular flexibility index (Phi) is 3.60. The highest BCUT2D eigenvalue weighted by molar-refractivity contribution is 5.88. The molecular weight excluding hydrogens is 226 g/mol. The number of carboxylic acids is 1. The molecule has 2 N–H and O–H groups in total. The summed E-state index contributed by atoms with van der Waals surface area (Å²) < 4.78 is 0. The van der Waals surface area contributed by atoms with Gasteiger partial charge < -0.3 is 10.4 Å². The maximum Gasteiger partial charge on any atom is 0.335 e. The zero-order valence-electron chi connectivity index (χ0n) is 11.2. The number of aryl methyl sites for hydroxylation is 1. The normalized spacial score (nSPS) is 27.2. The van der Waals surface area contributed by atoms with Crippen LogP contribution in [-0.4, -0.2) is 17.1 Å². The standard InChI is InChI=1S/C15H21NO2/c1-9-4-6-14(11(9)3)16-13-7-5-12(15(17)18)8-10(13)2/h5,7-9,11,14,16H,4,6H2,1-3H3,(H,17,18). The van der Waals surface area contributed by atoms with Crippen LogP contribution in [0.5, 0.6) is 0 Å². The van der Waals surface area contributed by atoms with Gasteiger partial charge in [-0.2, -0.15) is 0 Å². The van der Waals surface area contributed by atoms with Gasteiger partial charge in [0.15, 0.2) is 0 Å². The van der Waals surface area contributed by atoms with Crippen molar-refractivity contribution in [1.29, 1.82) is 0 Å². The summed E-state index contributed by atoms with van der Waals surface area (Å²) in [7, 11) is 0. The molecular formula is C15H21NO2. The van der Waals surface area contributed by atoms with Crippen molar-refractivity contribution >= 4 is 11.7 Å². The molecule has 3 unspecified atom stereocenters. The number of rotatable bonds is 3. The van der Waals surface area contributed by atoms with Crippen LogP contribution >= 0.6 is 0 Å². The molecule has 1 aliphatic carbocycles. The van der Waals surface area contributed by atoms with Crippen molar-refractivity contribution < 1.29 is 9.90 Å². The van der Waals surface area contributed by atoms with E-state index in [1.165, 1.54) is 12.8 Å². The second-order valence-corrected chi connectivity index (χ2v) is 5.50. The highest BCUT2D eigenvalue weighted by Crippen LogP contribution is 2.33. The molecule has 0 bridgehead atoms. The van der Waals surface area contributed by atoms with E-state index in [1.54, 1.807) is 12.1 Å². The van der Waals surface area contributed by atoms with Crippen LogP contribution < -0.4 is 5.32 Å². The van der Waals surface area contributed by atoms with Crippen LogP contribution in [0.25, 0.3) is 0 Å². The second kappa shape index (κ2) is 5.01. The van der Waals surface area contributed by atoms with Gasteiger partial charge in [0.2, 0.25) is 0 Å². The summed E-state index contributed by atoms with van der Waals surface area (Å²) in [5.74, 6) is 0.567. The Hall–Kier alpha value is -1.51. The molecule has 3 heteroatoms. The van der Waals surface area contributed by atoms with Gasteiger partial charge in [-0.15, -0.1) is 0 Å². The Balaban J connectivity index is 2.13. The van der Waals surface area contributed by atoms with Gasteiger partial charge in [0.05, 0.1) is 5.56 Å². The molecule has 1 aliphatic rings. The number of carboxylic acid groups (broad SMARTS) is 1. The molecule has 3 atom stereocenters. The average Bonchev–Trinajstić information content (AvgIpc) is 2.63. The van der Waals surface area contributed by atoms with E-state index in [0.29, 0.717) is 17.5 Å². The minimum absolute atomic E-state index is 0.353. The molecule has 1 fully saturated rings. The third kappa shape index (κ3) is 2.50. The van der Waals surface area contributed by atoms with Crippen molar-refractivity contribution in [3.63, 3.8) is 0 Å². The van der Waals surface area contributed by atoms with E-state index in [-0.39, 0.29) is 0 Å². The van der Waals surface area contributed by atoms with Crippen molar-refractivity contribution in [2.75, 3.05) is 5.32 Å². The summed E-state index contributed by atoms with van der Waals surface area (Å²) in [6.45, 7) is 6.54. The fourth-order valence-electron chi connectivity index (χ4n) is 2.73. The lowest BCUT2D eigenvalue weighted by Gasteiger charge is -2.22. The number of hydrogen-bond acceptors (Lipinski definition) is 2. The number of benzene rings is 1. The number of aromatic carboxylic acids is 1. The van der Waals surface area contributed by atoms with Gasteiger partial charge in [0.25, 0.3) is 0 Å². The Morgan fingerprint density at radius 3 is 2.56 bits per heavy atom. The molecule has 0 radical (unpaired) electrons. The molecule has 98 valence electrons. The molecule has 0 aliphatic heterocycles. The van der Waals surface area contributed by atoms with Gasteiger partial charge in [-0.1, -0.05) is 13.8 Å². The number of anilines is 1. The van der Waals surface area contributed by atoms with E-state index < -0.39 is 5.97 Å². The molecule has 0 amide bonds. The molecule has 1 aromatic carbocycles. The third-order valence-electron chi connectivity index (χ3n) is 4.28.